The van der Waals surface area contributed by atoms with Crippen molar-refractivity contribution >= 4 is 0 Å². The average molecular weight is 509 g/mol. The first kappa shape index (κ1) is 32.1. The summed E-state index contributed by atoms with van der Waals surface area (Å²) in [5, 5.41) is 11.3. The van der Waals surface area contributed by atoms with Crippen molar-refractivity contribution in [2.75, 3.05) is 41.3 Å². The zero-order valence-electron chi connectivity index (χ0n) is 26.9. The fourth-order valence-electron chi connectivity index (χ4n) is 8.47. The molecule has 0 aromatic rings. The number of rotatable bonds is 12. The number of quaternary nitrogens is 2. The Kier molecular flexibility index (Phi) is 11.0. The van der Waals surface area contributed by atoms with E-state index in [4.69, 9.17) is 0 Å². The van der Waals surface area contributed by atoms with Gasteiger partial charge in [-0.2, -0.15) is 0 Å². The van der Waals surface area contributed by atoms with Crippen LogP contribution >= 0.6 is 0 Å². The van der Waals surface area contributed by atoms with Crippen molar-refractivity contribution in [3.05, 3.63) is 0 Å². The van der Waals surface area contributed by atoms with Gasteiger partial charge in [-0.25, -0.2) is 0 Å². The lowest BCUT2D eigenvalue weighted by molar-refractivity contribution is -0.936. The molecular weight excluding hydrogens is 440 g/mol. The summed E-state index contributed by atoms with van der Waals surface area (Å²) >= 11 is 0. The van der Waals surface area contributed by atoms with Gasteiger partial charge < -0.3 is 14.1 Å². The standard InChI is InChI=1S/C33H68N2O/c1-25-15-13-21-32(5,6)30(25)19-17-27(3)34(9,10)23-29(36)24-35(11,12)28(4)18-20-31-26(2)16-14-22-33(31,7)8/h25-31,36H,13-24H2,1-12H3/q+2. The van der Waals surface area contributed by atoms with E-state index in [-0.39, 0.29) is 6.10 Å². The van der Waals surface area contributed by atoms with Crippen molar-refractivity contribution in [1.29, 1.82) is 0 Å². The third-order valence-electron chi connectivity index (χ3n) is 11.9. The van der Waals surface area contributed by atoms with Crippen LogP contribution < -0.4 is 0 Å². The minimum atomic E-state index is -0.255. The molecule has 0 aliphatic heterocycles. The lowest BCUT2D eigenvalue weighted by Gasteiger charge is -2.46. The summed E-state index contributed by atoms with van der Waals surface area (Å²) < 4.78 is 1.84. The van der Waals surface area contributed by atoms with Gasteiger partial charge in [0.1, 0.15) is 13.1 Å². The van der Waals surface area contributed by atoms with Gasteiger partial charge >= 0.3 is 0 Å². The number of nitrogens with zero attached hydrogens (tertiary/aromatic N) is 2. The number of aliphatic hydroxyl groups is 1. The zero-order valence-corrected chi connectivity index (χ0v) is 26.9. The van der Waals surface area contributed by atoms with Crippen LogP contribution in [0, 0.1) is 34.5 Å². The maximum absolute atomic E-state index is 11.3. The molecule has 0 spiro atoms. The summed E-state index contributed by atoms with van der Waals surface area (Å²) in [4.78, 5) is 0. The van der Waals surface area contributed by atoms with E-state index in [0.29, 0.717) is 22.9 Å². The van der Waals surface area contributed by atoms with Gasteiger partial charge in [0.2, 0.25) is 0 Å². The lowest BCUT2D eigenvalue weighted by Crippen LogP contribution is -2.57. The van der Waals surface area contributed by atoms with Gasteiger partial charge in [0.05, 0.1) is 40.3 Å². The number of aliphatic hydroxyl groups excluding tert-OH is 1. The highest BCUT2D eigenvalue weighted by atomic mass is 16.3. The van der Waals surface area contributed by atoms with Gasteiger partial charge in [-0.05, 0) is 86.9 Å². The molecule has 6 atom stereocenters. The van der Waals surface area contributed by atoms with Gasteiger partial charge in [-0.15, -0.1) is 0 Å². The second kappa shape index (κ2) is 12.4. The van der Waals surface area contributed by atoms with Crippen LogP contribution in [0.2, 0.25) is 0 Å². The third kappa shape index (κ3) is 8.44. The Morgan fingerprint density at radius 3 is 1.33 bits per heavy atom. The minimum absolute atomic E-state index is 0.255. The Bertz CT molecular complexity index is 611. The van der Waals surface area contributed by atoms with Gasteiger partial charge in [-0.3, -0.25) is 0 Å². The molecule has 0 aromatic carbocycles. The van der Waals surface area contributed by atoms with Gasteiger partial charge in [0, 0.05) is 0 Å². The van der Waals surface area contributed by atoms with E-state index in [1.807, 2.05) is 0 Å². The summed E-state index contributed by atoms with van der Waals surface area (Å²) in [6.07, 6.45) is 13.3. The average Bonchev–Trinajstić information content (AvgIpc) is 2.70. The first-order chi connectivity index (χ1) is 16.4. The van der Waals surface area contributed by atoms with Crippen LogP contribution in [-0.2, 0) is 0 Å². The molecule has 6 unspecified atom stereocenters. The van der Waals surface area contributed by atoms with Crippen LogP contribution in [0.3, 0.4) is 0 Å². The Balaban J connectivity index is 1.87. The molecule has 1 N–H and O–H groups in total. The SMILES string of the molecule is CC1CCCC(C)(C)C1CCC(C)[N+](C)(C)CC(O)C[N+](C)(C)C(C)CCC1C(C)CCCC1(C)C. The molecule has 3 heteroatoms. The molecule has 2 rings (SSSR count). The summed E-state index contributed by atoms with van der Waals surface area (Å²) in [7, 11) is 9.39. The highest BCUT2D eigenvalue weighted by molar-refractivity contribution is 4.88. The molecule has 2 saturated carbocycles. The predicted octanol–water partition coefficient (Wildman–Crippen LogP) is 7.76. The molecule has 0 saturated heterocycles. The summed E-state index contributed by atoms with van der Waals surface area (Å²) in [6, 6.07) is 1.15. The molecule has 36 heavy (non-hydrogen) atoms. The molecule has 0 amide bonds. The molecule has 0 heterocycles. The molecule has 214 valence electrons. The second-order valence-electron chi connectivity index (χ2n) is 16.4. The third-order valence-corrected chi connectivity index (χ3v) is 11.9. The lowest BCUT2D eigenvalue weighted by atomic mass is 9.62. The molecule has 3 nitrogen and oxygen atoms in total. The highest BCUT2D eigenvalue weighted by Crippen LogP contribution is 2.47. The van der Waals surface area contributed by atoms with Crippen LogP contribution in [0.25, 0.3) is 0 Å². The summed E-state index contributed by atoms with van der Waals surface area (Å²) in [5.74, 6) is 3.38. The van der Waals surface area contributed by atoms with E-state index in [2.05, 4.69) is 83.6 Å². The van der Waals surface area contributed by atoms with Crippen molar-refractivity contribution in [1.82, 2.24) is 0 Å². The second-order valence-corrected chi connectivity index (χ2v) is 16.4. The Hall–Kier alpha value is -0.120. The van der Waals surface area contributed by atoms with E-state index in [0.717, 1.165) is 45.7 Å². The molecule has 0 bridgehead atoms. The van der Waals surface area contributed by atoms with E-state index >= 15 is 0 Å². The molecule has 2 fully saturated rings. The van der Waals surface area contributed by atoms with E-state index in [9.17, 15) is 5.11 Å². The van der Waals surface area contributed by atoms with Gasteiger partial charge in [-0.1, -0.05) is 67.2 Å². The molecule has 2 aliphatic carbocycles. The normalized spacial score (nSPS) is 31.6. The number of hydrogen-bond donors (Lipinski definition) is 1. The molecule has 2 aliphatic rings. The zero-order chi connectivity index (χ0) is 27.5. The van der Waals surface area contributed by atoms with Crippen LogP contribution in [0.1, 0.15) is 120 Å². The number of hydrogen-bond acceptors (Lipinski definition) is 1. The Morgan fingerprint density at radius 2 is 1.03 bits per heavy atom. The van der Waals surface area contributed by atoms with E-state index < -0.39 is 0 Å². The first-order valence-electron chi connectivity index (χ1n) is 15.7. The van der Waals surface area contributed by atoms with Crippen molar-refractivity contribution in [3.8, 4) is 0 Å². The van der Waals surface area contributed by atoms with Crippen molar-refractivity contribution < 1.29 is 14.1 Å². The fourth-order valence-corrected chi connectivity index (χ4v) is 8.47. The molecular formula is C33H68N2O+2. The molecule has 0 aromatic heterocycles. The Labute approximate surface area is 227 Å². The van der Waals surface area contributed by atoms with Gasteiger partial charge in [0.25, 0.3) is 0 Å². The monoisotopic (exact) mass is 509 g/mol. The molecule has 0 radical (unpaired) electrons. The first-order valence-corrected chi connectivity index (χ1v) is 15.7. The maximum atomic E-state index is 11.3. The summed E-state index contributed by atoms with van der Waals surface area (Å²) in [5.41, 5.74) is 0.965. The van der Waals surface area contributed by atoms with Crippen LogP contribution in [-0.4, -0.2) is 73.5 Å². The topological polar surface area (TPSA) is 20.2 Å². The fraction of sp³-hybridized carbons (Fsp3) is 1.00. The van der Waals surface area contributed by atoms with Crippen LogP contribution in [0.5, 0.6) is 0 Å². The minimum Gasteiger partial charge on any atom is -0.382 e. The van der Waals surface area contributed by atoms with Crippen molar-refractivity contribution in [2.24, 2.45) is 34.5 Å². The highest BCUT2D eigenvalue weighted by Gasteiger charge is 2.40. The van der Waals surface area contributed by atoms with Crippen LogP contribution in [0.4, 0.5) is 0 Å². The smallest absolute Gasteiger partial charge is 0.152 e. The van der Waals surface area contributed by atoms with Crippen molar-refractivity contribution in [3.63, 3.8) is 0 Å². The van der Waals surface area contributed by atoms with Gasteiger partial charge in [0.15, 0.2) is 6.10 Å². The maximum Gasteiger partial charge on any atom is 0.152 e. The van der Waals surface area contributed by atoms with Crippen LogP contribution in [0.15, 0.2) is 0 Å². The quantitative estimate of drug-likeness (QED) is 0.267. The summed E-state index contributed by atoms with van der Waals surface area (Å²) in [6.45, 7) is 21.5. The van der Waals surface area contributed by atoms with Crippen molar-refractivity contribution in [2.45, 2.75) is 138 Å². The number of likely N-dealkylation sites (N-methyl/N-ethyl adjacent to an activating group) is 2. The van der Waals surface area contributed by atoms with E-state index in [1.54, 1.807) is 0 Å². The largest absolute Gasteiger partial charge is 0.382 e. The predicted molar refractivity (Wildman–Crippen MR) is 158 cm³/mol. The Morgan fingerprint density at radius 1 is 0.694 bits per heavy atom. The van der Waals surface area contributed by atoms with E-state index in [1.165, 1.54) is 64.2 Å².